The van der Waals surface area contributed by atoms with Gasteiger partial charge in [0.05, 0.1) is 24.2 Å². The van der Waals surface area contributed by atoms with Crippen molar-refractivity contribution in [1.82, 2.24) is 10.6 Å². The fourth-order valence-electron chi connectivity index (χ4n) is 8.61. The van der Waals surface area contributed by atoms with E-state index in [1.807, 2.05) is 75.4 Å². The van der Waals surface area contributed by atoms with Gasteiger partial charge in [-0.05, 0) is 67.4 Å². The Labute approximate surface area is 302 Å². The molecule has 2 aromatic rings. The van der Waals surface area contributed by atoms with E-state index >= 15 is 0 Å². The number of Topliss-reactive ketones (excluding diaryl/α,β-unsaturated/α-hetero) is 2. The Balaban J connectivity index is 1.04. The molecule has 2 bridgehead atoms. The van der Waals surface area contributed by atoms with Crippen molar-refractivity contribution in [3.05, 3.63) is 71.3 Å². The summed E-state index contributed by atoms with van der Waals surface area (Å²) in [6.45, 7) is 14.2. The van der Waals surface area contributed by atoms with Crippen molar-refractivity contribution in [2.24, 2.45) is 45.2 Å². The molecule has 2 aliphatic heterocycles. The Hall–Kier alpha value is -3.70. The molecule has 2 amide bonds. The second kappa shape index (κ2) is 14.4. The van der Waals surface area contributed by atoms with E-state index in [0.717, 1.165) is 29.5 Å². The van der Waals surface area contributed by atoms with Gasteiger partial charge in [0.1, 0.15) is 5.78 Å². The van der Waals surface area contributed by atoms with Crippen molar-refractivity contribution in [1.29, 1.82) is 0 Å². The van der Waals surface area contributed by atoms with Crippen LogP contribution in [0.5, 0.6) is 0 Å². The van der Waals surface area contributed by atoms with Crippen LogP contribution in [-0.4, -0.2) is 54.7 Å². The van der Waals surface area contributed by atoms with Crippen molar-refractivity contribution in [3.8, 4) is 0 Å². The normalized spacial score (nSPS) is 26.7. The number of nitrogens with zero attached hydrogens (tertiary/aromatic N) is 2. The SMILES string of the molecule is CC(C)[C@H](CC(=O)Cc1ccc(C2(C)N=N2)cc1)C(=O)N[C@@H](Cc1ccccc1)C(=O)C[C@@H](C)C(=O)NCB1O[C@@H]2CC3C[C@@H](C3(C)C)[C@]2(C)O1. The fourth-order valence-corrected chi connectivity index (χ4v) is 8.61. The molecule has 272 valence electrons. The number of rotatable bonds is 16. The smallest absolute Gasteiger partial charge is 0.404 e. The summed E-state index contributed by atoms with van der Waals surface area (Å²) >= 11 is 0. The molecule has 7 atom stereocenters. The summed E-state index contributed by atoms with van der Waals surface area (Å²) in [6, 6.07) is 16.3. The number of carbonyl (C=O) groups is 4. The zero-order chi connectivity index (χ0) is 36.7. The molecule has 1 saturated heterocycles. The highest BCUT2D eigenvalue weighted by molar-refractivity contribution is 6.46. The quantitative estimate of drug-likeness (QED) is 0.213. The zero-order valence-electron chi connectivity index (χ0n) is 31.1. The van der Waals surface area contributed by atoms with Crippen LogP contribution in [0, 0.1) is 35.0 Å². The van der Waals surface area contributed by atoms with Gasteiger partial charge in [0.15, 0.2) is 5.78 Å². The Morgan fingerprint density at radius 2 is 1.57 bits per heavy atom. The third kappa shape index (κ3) is 7.89. The predicted molar refractivity (Wildman–Crippen MR) is 194 cm³/mol. The maximum Gasteiger partial charge on any atom is 0.478 e. The van der Waals surface area contributed by atoms with Gasteiger partial charge in [-0.15, -0.1) is 0 Å². The van der Waals surface area contributed by atoms with Crippen LogP contribution in [0.25, 0.3) is 0 Å². The first-order chi connectivity index (χ1) is 24.1. The largest absolute Gasteiger partial charge is 0.478 e. The molecule has 0 spiro atoms. The number of nitrogens with one attached hydrogen (secondary N) is 2. The van der Waals surface area contributed by atoms with Crippen molar-refractivity contribution in [2.75, 3.05) is 6.44 Å². The second-order valence-electron chi connectivity index (χ2n) is 16.7. The van der Waals surface area contributed by atoms with Crippen molar-refractivity contribution < 1.29 is 28.5 Å². The number of amides is 2. The van der Waals surface area contributed by atoms with E-state index in [0.29, 0.717) is 11.8 Å². The van der Waals surface area contributed by atoms with E-state index < -0.39 is 30.7 Å². The van der Waals surface area contributed by atoms with Crippen LogP contribution in [0.4, 0.5) is 0 Å². The molecule has 0 radical (unpaired) electrons. The summed E-state index contributed by atoms with van der Waals surface area (Å²) in [6.07, 6.45) is 2.86. The molecule has 3 aliphatic carbocycles. The van der Waals surface area contributed by atoms with E-state index in [4.69, 9.17) is 9.31 Å². The van der Waals surface area contributed by atoms with Gasteiger partial charge in [-0.3, -0.25) is 19.2 Å². The van der Waals surface area contributed by atoms with Gasteiger partial charge in [-0.2, -0.15) is 10.2 Å². The molecule has 5 aliphatic rings. The Kier molecular flexibility index (Phi) is 10.5. The van der Waals surface area contributed by atoms with Gasteiger partial charge in [0, 0.05) is 36.7 Å². The standard InChI is InChI=1S/C40H53BN4O6/c1-24(2)31(22-30(46)18-27-13-15-28(16-14-27)40(7)44-45-40)37(49)43-32(19-26-11-9-8-10-12-26)33(47)17-25(3)36(48)42-23-41-50-35-21-29-20-34(38(29,4)5)39(35,6)51-41/h8-16,24-25,29,31-32,34-35H,17-23H2,1-7H3,(H,42,48)(H,43,49)/t25-,29?,31+,32+,34+,35-,39+/m1/s1. The number of hydrogen-bond donors (Lipinski definition) is 2. The Morgan fingerprint density at radius 1 is 0.882 bits per heavy atom. The van der Waals surface area contributed by atoms with Crippen molar-refractivity contribution >= 4 is 30.5 Å². The van der Waals surface area contributed by atoms with Gasteiger partial charge in [0.25, 0.3) is 0 Å². The predicted octanol–water partition coefficient (Wildman–Crippen LogP) is 5.81. The highest BCUT2D eigenvalue weighted by atomic mass is 16.7. The minimum Gasteiger partial charge on any atom is -0.404 e. The van der Waals surface area contributed by atoms with Gasteiger partial charge in [0.2, 0.25) is 17.5 Å². The lowest BCUT2D eigenvalue weighted by Crippen LogP contribution is -2.65. The number of ketones is 2. The molecule has 4 fully saturated rings. The molecule has 0 aromatic heterocycles. The topological polar surface area (TPSA) is 136 Å². The van der Waals surface area contributed by atoms with Crippen LogP contribution in [0.3, 0.4) is 0 Å². The van der Waals surface area contributed by atoms with E-state index in [2.05, 4.69) is 41.6 Å². The summed E-state index contributed by atoms with van der Waals surface area (Å²) in [5, 5.41) is 14.1. The molecule has 1 unspecified atom stereocenters. The molecule has 11 heteroatoms. The third-order valence-corrected chi connectivity index (χ3v) is 12.3. The highest BCUT2D eigenvalue weighted by Crippen LogP contribution is 2.65. The molecular weight excluding hydrogens is 643 g/mol. The minimum atomic E-state index is -0.849. The molecule has 51 heavy (non-hydrogen) atoms. The molecule has 2 heterocycles. The van der Waals surface area contributed by atoms with Crippen LogP contribution >= 0.6 is 0 Å². The number of benzene rings is 2. The van der Waals surface area contributed by atoms with Crippen LogP contribution in [-0.2, 0) is 47.0 Å². The first-order valence-electron chi connectivity index (χ1n) is 18.6. The van der Waals surface area contributed by atoms with Crippen LogP contribution in [0.15, 0.2) is 64.8 Å². The lowest BCUT2D eigenvalue weighted by Gasteiger charge is -2.64. The van der Waals surface area contributed by atoms with Gasteiger partial charge in [-0.1, -0.05) is 89.2 Å². The van der Waals surface area contributed by atoms with Crippen LogP contribution in [0.1, 0.15) is 90.8 Å². The maximum absolute atomic E-state index is 13.8. The van der Waals surface area contributed by atoms with Crippen molar-refractivity contribution in [2.45, 2.75) is 110 Å². The molecule has 2 N–H and O–H groups in total. The van der Waals surface area contributed by atoms with Crippen LogP contribution < -0.4 is 10.6 Å². The maximum atomic E-state index is 13.8. The molecule has 10 nitrogen and oxygen atoms in total. The van der Waals surface area contributed by atoms with E-state index in [1.165, 1.54) is 0 Å². The average molecular weight is 697 g/mol. The number of carbonyl (C=O) groups excluding carboxylic acids is 4. The fraction of sp³-hybridized carbons (Fsp3) is 0.600. The Bertz CT molecular complexity index is 1660. The molecule has 3 saturated carbocycles. The summed E-state index contributed by atoms with van der Waals surface area (Å²) in [5.74, 6) is -1.19. The lowest BCUT2D eigenvalue weighted by molar-refractivity contribution is -0.199. The van der Waals surface area contributed by atoms with Gasteiger partial charge < -0.3 is 19.9 Å². The summed E-state index contributed by atoms with van der Waals surface area (Å²) in [7, 11) is -0.528. The van der Waals surface area contributed by atoms with E-state index in [9.17, 15) is 19.2 Å². The van der Waals surface area contributed by atoms with Gasteiger partial charge in [-0.25, -0.2) is 0 Å². The van der Waals surface area contributed by atoms with Crippen LogP contribution in [0.2, 0.25) is 0 Å². The summed E-state index contributed by atoms with van der Waals surface area (Å²) < 4.78 is 12.7. The van der Waals surface area contributed by atoms with E-state index in [1.54, 1.807) is 6.92 Å². The average Bonchev–Trinajstić information content (AvgIpc) is 3.74. The van der Waals surface area contributed by atoms with Crippen molar-refractivity contribution in [3.63, 3.8) is 0 Å². The third-order valence-electron chi connectivity index (χ3n) is 12.3. The first-order valence-corrected chi connectivity index (χ1v) is 18.6. The van der Waals surface area contributed by atoms with E-state index in [-0.39, 0.29) is 78.5 Å². The molecule has 7 rings (SSSR count). The monoisotopic (exact) mass is 696 g/mol. The highest BCUT2D eigenvalue weighted by Gasteiger charge is 2.67. The Morgan fingerprint density at radius 3 is 2.20 bits per heavy atom. The molecular formula is C40H53BN4O6. The van der Waals surface area contributed by atoms with Gasteiger partial charge >= 0.3 is 7.12 Å². The zero-order valence-corrected chi connectivity index (χ0v) is 31.1. The first kappa shape index (κ1) is 37.1. The lowest BCUT2D eigenvalue weighted by atomic mass is 9.43. The minimum absolute atomic E-state index is 0.0259. The second-order valence-corrected chi connectivity index (χ2v) is 16.7. The molecule has 2 aromatic carbocycles. The summed E-state index contributed by atoms with van der Waals surface area (Å²) in [5.41, 5.74) is 2.12. The summed E-state index contributed by atoms with van der Waals surface area (Å²) in [4.78, 5) is 54.0. The number of hydrogen-bond acceptors (Lipinski definition) is 8.